The van der Waals surface area contributed by atoms with E-state index in [1.165, 1.54) is 0 Å². The lowest BCUT2D eigenvalue weighted by atomic mass is 9.84. The normalized spacial score (nSPS) is 28.7. The Kier molecular flexibility index (Phi) is 3.36. The minimum atomic E-state index is -1.23. The van der Waals surface area contributed by atoms with E-state index in [0.29, 0.717) is 17.1 Å². The van der Waals surface area contributed by atoms with Crippen molar-refractivity contribution in [2.75, 3.05) is 12.9 Å². The van der Waals surface area contributed by atoms with Crippen LogP contribution in [-0.4, -0.2) is 35.5 Å². The molecule has 0 saturated carbocycles. The molecule has 3 atom stereocenters. The molecule has 0 bridgehead atoms. The van der Waals surface area contributed by atoms with Gasteiger partial charge in [0.25, 0.3) is 0 Å². The number of carbonyl (C=O) groups excluding carboxylic acids is 1. The van der Waals surface area contributed by atoms with Gasteiger partial charge in [-0.25, -0.2) is 0 Å². The van der Waals surface area contributed by atoms with E-state index in [1.807, 2.05) is 36.4 Å². The smallest absolute Gasteiger partial charge is 0.214 e. The maximum atomic E-state index is 13.0. The third-order valence-electron chi connectivity index (χ3n) is 4.49. The van der Waals surface area contributed by atoms with E-state index in [0.717, 1.165) is 11.3 Å². The minimum absolute atomic E-state index is 0.133. The highest BCUT2D eigenvalue weighted by atomic mass is 32.2. The van der Waals surface area contributed by atoms with Gasteiger partial charge in [0.1, 0.15) is 17.6 Å². The zero-order valence-electron chi connectivity index (χ0n) is 12.6. The number of Topliss-reactive ketones (excluding diaryl/α,β-unsaturated/α-hetero) is 1. The van der Waals surface area contributed by atoms with Gasteiger partial charge in [0.2, 0.25) is 11.4 Å². The maximum absolute atomic E-state index is 13.0. The first kappa shape index (κ1) is 14.6. The van der Waals surface area contributed by atoms with Crippen molar-refractivity contribution < 1.29 is 19.4 Å². The van der Waals surface area contributed by atoms with E-state index in [2.05, 4.69) is 0 Å². The summed E-state index contributed by atoms with van der Waals surface area (Å²) in [6.45, 7) is 0. The molecule has 1 fully saturated rings. The molecule has 2 aliphatic heterocycles. The van der Waals surface area contributed by atoms with Gasteiger partial charge in [0.05, 0.1) is 17.9 Å². The number of ether oxygens (including phenoxy) is 2. The van der Waals surface area contributed by atoms with Gasteiger partial charge in [-0.2, -0.15) is 0 Å². The van der Waals surface area contributed by atoms with Crippen molar-refractivity contribution in [1.82, 2.24) is 0 Å². The average Bonchev–Trinajstić information content (AvgIpc) is 3.07. The van der Waals surface area contributed by atoms with Gasteiger partial charge >= 0.3 is 0 Å². The molecule has 2 aromatic carbocycles. The number of benzene rings is 2. The number of aliphatic hydroxyl groups is 1. The summed E-state index contributed by atoms with van der Waals surface area (Å²) < 4.78 is 11.2. The lowest BCUT2D eigenvalue weighted by Gasteiger charge is -2.31. The first-order valence-corrected chi connectivity index (χ1v) is 8.48. The first-order valence-electron chi connectivity index (χ1n) is 7.43. The van der Waals surface area contributed by atoms with Gasteiger partial charge in [-0.3, -0.25) is 4.79 Å². The van der Waals surface area contributed by atoms with Crippen LogP contribution in [0.3, 0.4) is 0 Å². The third kappa shape index (κ3) is 2.00. The zero-order chi connectivity index (χ0) is 16.0. The largest absolute Gasteiger partial charge is 0.497 e. The quantitative estimate of drug-likeness (QED) is 0.919. The fourth-order valence-electron chi connectivity index (χ4n) is 3.31. The molecule has 0 aliphatic carbocycles. The molecule has 4 nitrogen and oxygen atoms in total. The van der Waals surface area contributed by atoms with Crippen LogP contribution in [0.15, 0.2) is 48.5 Å². The third-order valence-corrected chi connectivity index (χ3v) is 5.95. The number of hydrogen-bond acceptors (Lipinski definition) is 5. The molecule has 4 rings (SSSR count). The monoisotopic (exact) mass is 328 g/mol. The molecule has 2 aromatic rings. The molecule has 1 spiro atoms. The molecule has 23 heavy (non-hydrogen) atoms. The van der Waals surface area contributed by atoms with E-state index in [1.54, 1.807) is 31.0 Å². The SMILES string of the molecule is COc1ccc([C@@H]2SC[C@H](O)[C@]23Oc2ccccc2C3=O)cc1. The van der Waals surface area contributed by atoms with Crippen LogP contribution in [0.2, 0.25) is 0 Å². The van der Waals surface area contributed by atoms with Gasteiger partial charge in [0, 0.05) is 5.75 Å². The molecule has 5 heteroatoms. The van der Waals surface area contributed by atoms with Crippen LogP contribution < -0.4 is 9.47 Å². The Labute approximate surface area is 138 Å². The van der Waals surface area contributed by atoms with Gasteiger partial charge in [-0.15, -0.1) is 11.8 Å². The highest BCUT2D eigenvalue weighted by Gasteiger charge is 2.62. The topological polar surface area (TPSA) is 55.8 Å². The second-order valence-corrected chi connectivity index (χ2v) is 6.86. The van der Waals surface area contributed by atoms with Gasteiger partial charge in [0.15, 0.2) is 0 Å². The predicted octanol–water partition coefficient (Wildman–Crippen LogP) is 2.86. The predicted molar refractivity (Wildman–Crippen MR) is 88.3 cm³/mol. The lowest BCUT2D eigenvalue weighted by molar-refractivity contribution is -0.00800. The van der Waals surface area contributed by atoms with E-state index in [4.69, 9.17) is 9.47 Å². The summed E-state index contributed by atoms with van der Waals surface area (Å²) in [5.74, 6) is 1.65. The van der Waals surface area contributed by atoms with Crippen LogP contribution >= 0.6 is 11.8 Å². The number of para-hydroxylation sites is 1. The Hall–Kier alpha value is -1.98. The number of ketones is 1. The average molecular weight is 328 g/mol. The number of methoxy groups -OCH3 is 1. The van der Waals surface area contributed by atoms with Crippen molar-refractivity contribution >= 4 is 17.5 Å². The summed E-state index contributed by atoms with van der Waals surface area (Å²) >= 11 is 1.55. The molecule has 0 aromatic heterocycles. The molecule has 1 saturated heterocycles. The fraction of sp³-hybridized carbons (Fsp3) is 0.278. The van der Waals surface area contributed by atoms with Crippen LogP contribution in [0, 0.1) is 0 Å². The molecular formula is C18H16O4S. The van der Waals surface area contributed by atoms with Crippen LogP contribution in [-0.2, 0) is 0 Å². The number of carbonyl (C=O) groups is 1. The lowest BCUT2D eigenvalue weighted by Crippen LogP contribution is -2.51. The molecule has 2 aliphatic rings. The Morgan fingerprint density at radius 3 is 2.65 bits per heavy atom. The van der Waals surface area contributed by atoms with Crippen molar-refractivity contribution in [2.45, 2.75) is 17.0 Å². The number of thioether (sulfide) groups is 1. The first-order chi connectivity index (χ1) is 11.2. The summed E-state index contributed by atoms with van der Waals surface area (Å²) in [6.07, 6.45) is -0.834. The van der Waals surface area contributed by atoms with Crippen molar-refractivity contribution in [1.29, 1.82) is 0 Å². The summed E-state index contributed by atoms with van der Waals surface area (Å²) in [5.41, 5.74) is 0.268. The fourth-order valence-corrected chi connectivity index (χ4v) is 4.84. The van der Waals surface area contributed by atoms with Crippen molar-refractivity contribution in [2.24, 2.45) is 0 Å². The molecule has 0 radical (unpaired) electrons. The van der Waals surface area contributed by atoms with Crippen molar-refractivity contribution in [3.8, 4) is 11.5 Å². The van der Waals surface area contributed by atoms with E-state index >= 15 is 0 Å². The maximum Gasteiger partial charge on any atom is 0.214 e. The van der Waals surface area contributed by atoms with Crippen LogP contribution in [0.1, 0.15) is 21.2 Å². The Balaban J connectivity index is 1.78. The Morgan fingerprint density at radius 1 is 1.22 bits per heavy atom. The van der Waals surface area contributed by atoms with Crippen molar-refractivity contribution in [3.05, 3.63) is 59.7 Å². The van der Waals surface area contributed by atoms with Gasteiger partial charge < -0.3 is 14.6 Å². The molecule has 0 amide bonds. The number of aliphatic hydroxyl groups excluding tert-OH is 1. The van der Waals surface area contributed by atoms with Gasteiger partial charge in [-0.1, -0.05) is 24.3 Å². The van der Waals surface area contributed by atoms with Gasteiger partial charge in [-0.05, 0) is 29.8 Å². The van der Waals surface area contributed by atoms with Crippen LogP contribution in [0.25, 0.3) is 0 Å². The molecular weight excluding hydrogens is 312 g/mol. The zero-order valence-corrected chi connectivity index (χ0v) is 13.4. The molecule has 2 heterocycles. The minimum Gasteiger partial charge on any atom is -0.497 e. The molecule has 118 valence electrons. The molecule has 0 unspecified atom stereocenters. The highest BCUT2D eigenvalue weighted by Crippen LogP contribution is 2.54. The number of fused-ring (bicyclic) bond motifs is 1. The summed E-state index contributed by atoms with van der Waals surface area (Å²) in [6, 6.07) is 14.8. The number of rotatable bonds is 2. The highest BCUT2D eigenvalue weighted by molar-refractivity contribution is 8.00. The molecule has 1 N–H and O–H groups in total. The summed E-state index contributed by atoms with van der Waals surface area (Å²) in [5, 5.41) is 10.3. The van der Waals surface area contributed by atoms with E-state index in [-0.39, 0.29) is 11.0 Å². The van der Waals surface area contributed by atoms with Crippen LogP contribution in [0.4, 0.5) is 0 Å². The summed E-state index contributed by atoms with van der Waals surface area (Å²) in [4.78, 5) is 13.0. The Bertz CT molecular complexity index is 758. The van der Waals surface area contributed by atoms with E-state index in [9.17, 15) is 9.90 Å². The van der Waals surface area contributed by atoms with Crippen LogP contribution in [0.5, 0.6) is 11.5 Å². The Morgan fingerprint density at radius 2 is 1.96 bits per heavy atom. The summed E-state index contributed by atoms with van der Waals surface area (Å²) in [7, 11) is 1.62. The van der Waals surface area contributed by atoms with Crippen molar-refractivity contribution in [3.63, 3.8) is 0 Å². The standard InChI is InChI=1S/C18H16O4S/c1-21-12-8-6-11(7-9-12)17-18(15(19)10-23-17)16(20)13-4-2-3-5-14(13)22-18/h2-9,15,17,19H,10H2,1H3/t15-,17-,18+/m0/s1. The number of hydrogen-bond donors (Lipinski definition) is 1. The second kappa shape index (κ2) is 5.28. The van der Waals surface area contributed by atoms with E-state index < -0.39 is 11.7 Å². The second-order valence-electron chi connectivity index (χ2n) is 5.72.